The van der Waals surface area contributed by atoms with E-state index in [0.717, 1.165) is 54.6 Å². The fourth-order valence-electron chi connectivity index (χ4n) is 2.49. The summed E-state index contributed by atoms with van der Waals surface area (Å²) < 4.78 is 5.82. The molecule has 0 radical (unpaired) electrons. The number of halogens is 1. The highest BCUT2D eigenvalue weighted by Gasteiger charge is 2.17. The third kappa shape index (κ3) is 4.25. The molecule has 0 saturated carbocycles. The number of hydrogen-bond donors (Lipinski definition) is 2. The number of rotatable bonds is 4. The Labute approximate surface area is 131 Å². The van der Waals surface area contributed by atoms with Crippen LogP contribution in [0.3, 0.4) is 0 Å². The van der Waals surface area contributed by atoms with Crippen molar-refractivity contribution in [3.63, 3.8) is 0 Å². The van der Waals surface area contributed by atoms with Crippen LogP contribution in [-0.4, -0.2) is 55.1 Å². The molecule has 1 heterocycles. The smallest absolute Gasteiger partial charge is 0.188 e. The van der Waals surface area contributed by atoms with Gasteiger partial charge in [-0.05, 0) is 37.1 Å². The van der Waals surface area contributed by atoms with Crippen LogP contribution in [0, 0.1) is 19.3 Å². The first-order chi connectivity index (χ1) is 9.97. The number of hydrogen-bond acceptors (Lipinski definition) is 3. The molecule has 6 heteroatoms. The van der Waals surface area contributed by atoms with Gasteiger partial charge in [0.1, 0.15) is 12.4 Å². The largest absolute Gasteiger partial charge is 0.492 e. The quantitative estimate of drug-likeness (QED) is 0.658. The van der Waals surface area contributed by atoms with Crippen LogP contribution in [0.25, 0.3) is 0 Å². The molecule has 3 N–H and O–H groups in total. The van der Waals surface area contributed by atoms with Crippen molar-refractivity contribution >= 4 is 17.6 Å². The number of ether oxygens (including phenoxy) is 1. The lowest BCUT2D eigenvalue weighted by Crippen LogP contribution is -2.51. The van der Waals surface area contributed by atoms with Crippen molar-refractivity contribution in [3.8, 4) is 5.75 Å². The van der Waals surface area contributed by atoms with E-state index in [1.165, 1.54) is 0 Å². The van der Waals surface area contributed by atoms with Gasteiger partial charge in [0.2, 0.25) is 0 Å². The minimum Gasteiger partial charge on any atom is -0.492 e. The fraction of sp³-hybridized carbons (Fsp3) is 0.533. The van der Waals surface area contributed by atoms with E-state index in [1.54, 1.807) is 0 Å². The van der Waals surface area contributed by atoms with Crippen LogP contribution in [-0.2, 0) is 0 Å². The Morgan fingerprint density at radius 1 is 1.24 bits per heavy atom. The van der Waals surface area contributed by atoms with Crippen molar-refractivity contribution in [1.29, 1.82) is 5.41 Å². The second-order valence-electron chi connectivity index (χ2n) is 5.43. The maximum absolute atomic E-state index is 7.41. The summed E-state index contributed by atoms with van der Waals surface area (Å²) in [6.45, 7) is 8.98. The minimum atomic E-state index is 0.165. The predicted octanol–water partition coefficient (Wildman–Crippen LogP) is 1.85. The highest BCUT2D eigenvalue weighted by atomic mass is 35.5. The summed E-state index contributed by atoms with van der Waals surface area (Å²) in [5.41, 5.74) is 7.57. The Morgan fingerprint density at radius 2 is 1.81 bits per heavy atom. The third-order valence-corrected chi connectivity index (χ3v) is 4.40. The van der Waals surface area contributed by atoms with Gasteiger partial charge >= 0.3 is 0 Å². The predicted molar refractivity (Wildman–Crippen MR) is 86.3 cm³/mol. The molecular formula is C15H23ClN4O. The zero-order chi connectivity index (χ0) is 15.4. The lowest BCUT2D eigenvalue weighted by atomic mass is 10.1. The summed E-state index contributed by atoms with van der Waals surface area (Å²) in [5, 5.41) is 8.22. The van der Waals surface area contributed by atoms with Gasteiger partial charge in [-0.25, -0.2) is 0 Å². The van der Waals surface area contributed by atoms with Crippen molar-refractivity contribution in [1.82, 2.24) is 9.80 Å². The molecule has 0 atom stereocenters. The maximum atomic E-state index is 7.41. The molecule has 1 aromatic carbocycles. The van der Waals surface area contributed by atoms with Crippen LogP contribution < -0.4 is 10.5 Å². The van der Waals surface area contributed by atoms with E-state index in [2.05, 4.69) is 4.90 Å². The molecule has 1 fully saturated rings. The first-order valence-electron chi connectivity index (χ1n) is 7.18. The molecule has 0 aromatic heterocycles. The molecule has 0 amide bonds. The van der Waals surface area contributed by atoms with Crippen LogP contribution in [0.5, 0.6) is 5.75 Å². The summed E-state index contributed by atoms with van der Waals surface area (Å²) in [6, 6.07) is 3.95. The molecule has 0 aliphatic carbocycles. The monoisotopic (exact) mass is 310 g/mol. The minimum absolute atomic E-state index is 0.165. The Morgan fingerprint density at radius 3 is 2.33 bits per heavy atom. The van der Waals surface area contributed by atoms with Crippen LogP contribution in [0.1, 0.15) is 11.1 Å². The average Bonchev–Trinajstić information content (AvgIpc) is 2.45. The van der Waals surface area contributed by atoms with Crippen LogP contribution in [0.2, 0.25) is 5.02 Å². The van der Waals surface area contributed by atoms with E-state index in [9.17, 15) is 0 Å². The van der Waals surface area contributed by atoms with E-state index in [-0.39, 0.29) is 5.96 Å². The molecule has 0 bridgehead atoms. The Kier molecular flexibility index (Phi) is 5.31. The zero-order valence-corrected chi connectivity index (χ0v) is 13.4. The number of aryl methyl sites for hydroxylation is 2. The summed E-state index contributed by atoms with van der Waals surface area (Å²) in [4.78, 5) is 4.22. The van der Waals surface area contributed by atoms with Crippen molar-refractivity contribution in [2.24, 2.45) is 5.73 Å². The van der Waals surface area contributed by atoms with Crippen LogP contribution in [0.15, 0.2) is 12.1 Å². The molecule has 5 nitrogen and oxygen atoms in total. The van der Waals surface area contributed by atoms with E-state index >= 15 is 0 Å². The number of nitrogens with one attached hydrogen (secondary N) is 1. The zero-order valence-electron chi connectivity index (χ0n) is 12.7. The van der Waals surface area contributed by atoms with Crippen molar-refractivity contribution in [2.75, 3.05) is 39.3 Å². The van der Waals surface area contributed by atoms with E-state index in [1.807, 2.05) is 30.9 Å². The second kappa shape index (κ2) is 7.00. The molecule has 1 aliphatic heterocycles. The van der Waals surface area contributed by atoms with Gasteiger partial charge in [0.25, 0.3) is 0 Å². The summed E-state index contributed by atoms with van der Waals surface area (Å²) in [5.74, 6) is 1.04. The van der Waals surface area contributed by atoms with Gasteiger partial charge in [-0.2, -0.15) is 0 Å². The van der Waals surface area contributed by atoms with Gasteiger partial charge in [-0.15, -0.1) is 0 Å². The van der Waals surface area contributed by atoms with Crippen molar-refractivity contribution < 1.29 is 4.74 Å². The van der Waals surface area contributed by atoms with E-state index in [0.29, 0.717) is 6.61 Å². The van der Waals surface area contributed by atoms with Gasteiger partial charge in [0.15, 0.2) is 5.96 Å². The van der Waals surface area contributed by atoms with Gasteiger partial charge < -0.3 is 15.4 Å². The van der Waals surface area contributed by atoms with Crippen LogP contribution in [0.4, 0.5) is 0 Å². The van der Waals surface area contributed by atoms with Gasteiger partial charge in [0, 0.05) is 37.7 Å². The molecule has 1 saturated heterocycles. The van der Waals surface area contributed by atoms with Gasteiger partial charge in [0.05, 0.1) is 0 Å². The van der Waals surface area contributed by atoms with E-state index < -0.39 is 0 Å². The standard InChI is InChI=1S/C15H23ClN4O/c1-11-9-13(10-12(2)14(11)16)21-8-7-19-3-5-20(6-4-19)15(17)18/h9-10H,3-8H2,1-2H3,(H3,17,18). The molecule has 0 unspecified atom stereocenters. The maximum Gasteiger partial charge on any atom is 0.188 e. The Balaban J connectivity index is 1.77. The van der Waals surface area contributed by atoms with Crippen LogP contribution >= 0.6 is 11.6 Å². The van der Waals surface area contributed by atoms with E-state index in [4.69, 9.17) is 27.5 Å². The van der Waals surface area contributed by atoms with Gasteiger partial charge in [-0.1, -0.05) is 11.6 Å². The first-order valence-corrected chi connectivity index (χ1v) is 7.56. The molecule has 0 spiro atoms. The van der Waals surface area contributed by atoms with Gasteiger partial charge in [-0.3, -0.25) is 10.3 Å². The Hall–Kier alpha value is -1.46. The molecule has 21 heavy (non-hydrogen) atoms. The lowest BCUT2D eigenvalue weighted by molar-refractivity contribution is 0.153. The number of guanidine groups is 1. The number of nitrogens with zero attached hydrogens (tertiary/aromatic N) is 2. The molecule has 1 aliphatic rings. The molecule has 116 valence electrons. The summed E-state index contributed by atoms with van der Waals surface area (Å²) in [6.07, 6.45) is 0. The molecule has 2 rings (SSSR count). The first kappa shape index (κ1) is 15.9. The second-order valence-corrected chi connectivity index (χ2v) is 5.81. The number of nitrogens with two attached hydrogens (primary N) is 1. The van der Waals surface area contributed by atoms with Crippen molar-refractivity contribution in [3.05, 3.63) is 28.3 Å². The van der Waals surface area contributed by atoms with Crippen molar-refractivity contribution in [2.45, 2.75) is 13.8 Å². The molecular weight excluding hydrogens is 288 g/mol. The fourth-order valence-corrected chi connectivity index (χ4v) is 2.60. The molecule has 1 aromatic rings. The topological polar surface area (TPSA) is 65.6 Å². The Bertz CT molecular complexity index is 489. The highest BCUT2D eigenvalue weighted by Crippen LogP contribution is 2.25. The SMILES string of the molecule is Cc1cc(OCCN2CCN(C(=N)N)CC2)cc(C)c1Cl. The number of benzene rings is 1. The highest BCUT2D eigenvalue weighted by molar-refractivity contribution is 6.32. The third-order valence-electron chi connectivity index (χ3n) is 3.80. The lowest BCUT2D eigenvalue weighted by Gasteiger charge is -2.34. The normalized spacial score (nSPS) is 16.0. The number of piperazine rings is 1. The summed E-state index contributed by atoms with van der Waals surface area (Å²) in [7, 11) is 0. The average molecular weight is 311 g/mol. The summed E-state index contributed by atoms with van der Waals surface area (Å²) >= 11 is 6.15.